The molecule has 0 unspecified atom stereocenters. The van der Waals surface area contributed by atoms with Gasteiger partial charge in [0.15, 0.2) is 0 Å². The zero-order chi connectivity index (χ0) is 17.1. The van der Waals surface area contributed by atoms with Crippen LogP contribution in [0.4, 0.5) is 5.69 Å². The van der Waals surface area contributed by atoms with Crippen LogP contribution < -0.4 is 4.90 Å². The fourth-order valence-corrected chi connectivity index (χ4v) is 3.32. The molecule has 3 aromatic rings. The zero-order valence-corrected chi connectivity index (χ0v) is 14.5. The summed E-state index contributed by atoms with van der Waals surface area (Å²) in [6.07, 6.45) is 7.89. The number of anilines is 1. The van der Waals surface area contributed by atoms with Gasteiger partial charge in [-0.2, -0.15) is 5.10 Å². The van der Waals surface area contributed by atoms with Crippen molar-refractivity contribution in [3.8, 4) is 5.69 Å². The monoisotopic (exact) mass is 333 g/mol. The summed E-state index contributed by atoms with van der Waals surface area (Å²) >= 11 is 0. The number of piperazine rings is 1. The highest BCUT2D eigenvalue weighted by atomic mass is 15.3. The van der Waals surface area contributed by atoms with E-state index in [2.05, 4.69) is 63.3 Å². The lowest BCUT2D eigenvalue weighted by Gasteiger charge is -2.35. The first-order valence-corrected chi connectivity index (χ1v) is 8.76. The summed E-state index contributed by atoms with van der Waals surface area (Å²) in [7, 11) is 0. The number of nitrogens with zero attached hydrogens (tertiary/aromatic N) is 5. The Morgan fingerprint density at radius 2 is 1.80 bits per heavy atom. The molecule has 4 rings (SSSR count). The van der Waals surface area contributed by atoms with Crippen molar-refractivity contribution in [1.82, 2.24) is 19.7 Å². The maximum atomic E-state index is 4.53. The van der Waals surface area contributed by atoms with Crippen LogP contribution in [-0.2, 0) is 6.54 Å². The molecular weight excluding hydrogens is 310 g/mol. The van der Waals surface area contributed by atoms with Gasteiger partial charge in [0.2, 0.25) is 0 Å². The van der Waals surface area contributed by atoms with Crippen molar-refractivity contribution in [3.05, 3.63) is 72.3 Å². The molecule has 0 aliphatic carbocycles. The predicted octanol–water partition coefficient (Wildman–Crippen LogP) is 2.90. The van der Waals surface area contributed by atoms with Gasteiger partial charge in [0.25, 0.3) is 0 Å². The summed E-state index contributed by atoms with van der Waals surface area (Å²) in [5.41, 5.74) is 4.85. The van der Waals surface area contributed by atoms with E-state index in [1.807, 2.05) is 29.3 Å². The second kappa shape index (κ2) is 7.07. The largest absolute Gasteiger partial charge is 0.368 e. The molecule has 0 saturated carbocycles. The maximum Gasteiger partial charge on any atom is 0.0648 e. The van der Waals surface area contributed by atoms with Crippen molar-refractivity contribution in [1.29, 1.82) is 0 Å². The van der Waals surface area contributed by atoms with Gasteiger partial charge in [0.05, 0.1) is 23.8 Å². The highest BCUT2D eigenvalue weighted by Crippen LogP contribution is 2.16. The van der Waals surface area contributed by atoms with Crippen LogP contribution >= 0.6 is 0 Å². The average molecular weight is 333 g/mol. The van der Waals surface area contributed by atoms with E-state index in [9.17, 15) is 0 Å². The second-order valence-electron chi connectivity index (χ2n) is 6.61. The first-order chi connectivity index (χ1) is 12.3. The van der Waals surface area contributed by atoms with Crippen molar-refractivity contribution < 1.29 is 0 Å². The number of rotatable bonds is 4. The first kappa shape index (κ1) is 15.8. The Labute approximate surface area is 148 Å². The molecule has 0 amide bonds. The Morgan fingerprint density at radius 1 is 0.960 bits per heavy atom. The second-order valence-corrected chi connectivity index (χ2v) is 6.61. The SMILES string of the molecule is Cc1cccc(-n2cc(CN3CCN(c4cccnc4)CC3)cn2)c1. The molecule has 3 heterocycles. The summed E-state index contributed by atoms with van der Waals surface area (Å²) in [6.45, 7) is 7.26. The van der Waals surface area contributed by atoms with Crippen LogP contribution in [0.1, 0.15) is 11.1 Å². The van der Waals surface area contributed by atoms with Crippen LogP contribution in [0.2, 0.25) is 0 Å². The van der Waals surface area contributed by atoms with Crippen LogP contribution in [0.25, 0.3) is 5.69 Å². The summed E-state index contributed by atoms with van der Waals surface area (Å²) in [4.78, 5) is 9.11. The first-order valence-electron chi connectivity index (χ1n) is 8.76. The van der Waals surface area contributed by atoms with Gasteiger partial charge in [0.1, 0.15) is 0 Å². The molecule has 1 fully saturated rings. The molecule has 1 aliphatic rings. The molecule has 1 aliphatic heterocycles. The van der Waals surface area contributed by atoms with Crippen LogP contribution in [0.15, 0.2) is 61.2 Å². The van der Waals surface area contributed by atoms with Crippen LogP contribution in [0.3, 0.4) is 0 Å². The third-order valence-corrected chi connectivity index (χ3v) is 4.69. The van der Waals surface area contributed by atoms with Gasteiger partial charge in [-0.3, -0.25) is 9.88 Å². The fourth-order valence-electron chi connectivity index (χ4n) is 3.32. The van der Waals surface area contributed by atoms with Crippen molar-refractivity contribution >= 4 is 5.69 Å². The fraction of sp³-hybridized carbons (Fsp3) is 0.300. The van der Waals surface area contributed by atoms with E-state index in [-0.39, 0.29) is 0 Å². The molecule has 128 valence electrons. The lowest BCUT2D eigenvalue weighted by molar-refractivity contribution is 0.250. The number of aromatic nitrogens is 3. The Hall–Kier alpha value is -2.66. The Bertz CT molecular complexity index is 819. The minimum absolute atomic E-state index is 0.951. The number of pyridine rings is 1. The Balaban J connectivity index is 1.36. The Kier molecular flexibility index (Phi) is 4.48. The van der Waals surface area contributed by atoms with Gasteiger partial charge < -0.3 is 4.90 Å². The molecule has 0 atom stereocenters. The molecule has 0 spiro atoms. The van der Waals surface area contributed by atoms with Gasteiger partial charge in [0, 0.05) is 50.7 Å². The van der Waals surface area contributed by atoms with E-state index < -0.39 is 0 Å². The normalized spacial score (nSPS) is 15.5. The van der Waals surface area contributed by atoms with Gasteiger partial charge in [-0.15, -0.1) is 0 Å². The van der Waals surface area contributed by atoms with E-state index >= 15 is 0 Å². The molecule has 0 radical (unpaired) electrons. The minimum atomic E-state index is 0.951. The topological polar surface area (TPSA) is 37.2 Å². The van der Waals surface area contributed by atoms with E-state index in [0.717, 1.165) is 38.4 Å². The smallest absolute Gasteiger partial charge is 0.0648 e. The standard InChI is InChI=1S/C20H23N5/c1-17-4-2-5-19(12-17)25-16-18(13-22-25)15-23-8-10-24(11-9-23)20-6-3-7-21-14-20/h2-7,12-14,16H,8-11,15H2,1H3. The summed E-state index contributed by atoms with van der Waals surface area (Å²) in [6, 6.07) is 12.6. The highest BCUT2D eigenvalue weighted by molar-refractivity contribution is 5.44. The summed E-state index contributed by atoms with van der Waals surface area (Å²) < 4.78 is 1.97. The van der Waals surface area contributed by atoms with Gasteiger partial charge in [-0.05, 0) is 36.8 Å². The molecule has 1 aromatic carbocycles. The van der Waals surface area contributed by atoms with Crippen molar-refractivity contribution in [2.45, 2.75) is 13.5 Å². The maximum absolute atomic E-state index is 4.53. The van der Waals surface area contributed by atoms with E-state index in [1.165, 1.54) is 16.8 Å². The summed E-state index contributed by atoms with van der Waals surface area (Å²) in [5, 5.41) is 4.53. The minimum Gasteiger partial charge on any atom is -0.368 e. The molecule has 2 aromatic heterocycles. The number of aryl methyl sites for hydroxylation is 1. The highest BCUT2D eigenvalue weighted by Gasteiger charge is 2.17. The van der Waals surface area contributed by atoms with Gasteiger partial charge in [-0.25, -0.2) is 4.68 Å². The number of hydrogen-bond donors (Lipinski definition) is 0. The molecule has 25 heavy (non-hydrogen) atoms. The predicted molar refractivity (Wildman–Crippen MR) is 100 cm³/mol. The molecule has 0 N–H and O–H groups in total. The molecule has 0 bridgehead atoms. The number of benzene rings is 1. The lowest BCUT2D eigenvalue weighted by Crippen LogP contribution is -2.45. The molecule has 1 saturated heterocycles. The van der Waals surface area contributed by atoms with E-state index in [4.69, 9.17) is 0 Å². The van der Waals surface area contributed by atoms with Gasteiger partial charge >= 0.3 is 0 Å². The quantitative estimate of drug-likeness (QED) is 0.736. The molecule has 5 heteroatoms. The summed E-state index contributed by atoms with van der Waals surface area (Å²) in [5.74, 6) is 0. The van der Waals surface area contributed by atoms with Crippen molar-refractivity contribution in [2.75, 3.05) is 31.1 Å². The molecular formula is C20H23N5. The number of hydrogen-bond acceptors (Lipinski definition) is 4. The van der Waals surface area contributed by atoms with Gasteiger partial charge in [-0.1, -0.05) is 12.1 Å². The van der Waals surface area contributed by atoms with E-state index in [1.54, 1.807) is 0 Å². The van der Waals surface area contributed by atoms with Crippen molar-refractivity contribution in [3.63, 3.8) is 0 Å². The zero-order valence-electron chi connectivity index (χ0n) is 14.5. The average Bonchev–Trinajstić information content (AvgIpc) is 3.12. The van der Waals surface area contributed by atoms with Crippen LogP contribution in [-0.4, -0.2) is 45.8 Å². The van der Waals surface area contributed by atoms with Crippen molar-refractivity contribution in [2.24, 2.45) is 0 Å². The van der Waals surface area contributed by atoms with Crippen LogP contribution in [0.5, 0.6) is 0 Å². The lowest BCUT2D eigenvalue weighted by atomic mass is 10.2. The Morgan fingerprint density at radius 3 is 2.56 bits per heavy atom. The third-order valence-electron chi connectivity index (χ3n) is 4.69. The van der Waals surface area contributed by atoms with E-state index in [0.29, 0.717) is 0 Å². The van der Waals surface area contributed by atoms with Crippen LogP contribution in [0, 0.1) is 6.92 Å². The molecule has 5 nitrogen and oxygen atoms in total. The third kappa shape index (κ3) is 3.72.